The van der Waals surface area contributed by atoms with Gasteiger partial charge in [0.1, 0.15) is 5.75 Å². The number of carbonyl (C=O) groups excluding carboxylic acids is 2. The molecule has 5 nitrogen and oxygen atoms in total. The lowest BCUT2D eigenvalue weighted by Crippen LogP contribution is -2.35. The number of primary amides is 1. The molecule has 0 saturated heterocycles. The number of nitrogens with one attached hydrogen (secondary N) is 1. The summed E-state index contributed by atoms with van der Waals surface area (Å²) in [5.74, 6) is 0.257. The molecule has 86 valence electrons. The highest BCUT2D eigenvalue weighted by atomic mass is 16.5. The van der Waals surface area contributed by atoms with Crippen LogP contribution in [0.1, 0.15) is 12.0 Å². The SMILES string of the molecule is Cc1cccc(OCCC(=O)NC(N)=O)c1. The number of hydrogen-bond donors (Lipinski definition) is 2. The first-order chi connectivity index (χ1) is 7.58. The zero-order valence-electron chi connectivity index (χ0n) is 9.03. The molecule has 0 bridgehead atoms. The van der Waals surface area contributed by atoms with Gasteiger partial charge >= 0.3 is 6.03 Å². The minimum absolute atomic E-state index is 0.0941. The summed E-state index contributed by atoms with van der Waals surface area (Å²) in [6.07, 6.45) is 0.0941. The summed E-state index contributed by atoms with van der Waals surface area (Å²) >= 11 is 0. The van der Waals surface area contributed by atoms with Crippen molar-refractivity contribution in [1.29, 1.82) is 0 Å². The molecule has 0 aromatic heterocycles. The first-order valence-electron chi connectivity index (χ1n) is 4.86. The molecule has 1 aromatic carbocycles. The van der Waals surface area contributed by atoms with Gasteiger partial charge in [0.15, 0.2) is 0 Å². The van der Waals surface area contributed by atoms with E-state index in [1.54, 1.807) is 6.07 Å². The van der Waals surface area contributed by atoms with Gasteiger partial charge in [-0.2, -0.15) is 0 Å². The first kappa shape index (κ1) is 12.0. The molecule has 0 fully saturated rings. The molecule has 0 aliphatic heterocycles. The molecule has 16 heavy (non-hydrogen) atoms. The van der Waals surface area contributed by atoms with E-state index < -0.39 is 11.9 Å². The van der Waals surface area contributed by atoms with E-state index in [4.69, 9.17) is 10.5 Å². The third-order valence-corrected chi connectivity index (χ3v) is 1.85. The van der Waals surface area contributed by atoms with Gasteiger partial charge in [0.05, 0.1) is 13.0 Å². The Hall–Kier alpha value is -2.04. The number of hydrogen-bond acceptors (Lipinski definition) is 3. The van der Waals surface area contributed by atoms with Crippen LogP contribution in [0.2, 0.25) is 0 Å². The summed E-state index contributed by atoms with van der Waals surface area (Å²) in [6.45, 7) is 2.16. The molecule has 0 radical (unpaired) electrons. The van der Waals surface area contributed by atoms with Crippen LogP contribution in [-0.2, 0) is 4.79 Å². The smallest absolute Gasteiger partial charge is 0.318 e. The van der Waals surface area contributed by atoms with E-state index in [1.165, 1.54) is 0 Å². The third kappa shape index (κ3) is 4.45. The highest BCUT2D eigenvalue weighted by molar-refractivity contribution is 5.93. The molecule has 0 unspecified atom stereocenters. The number of amides is 3. The fourth-order valence-electron chi connectivity index (χ4n) is 1.17. The summed E-state index contributed by atoms with van der Waals surface area (Å²) in [7, 11) is 0. The van der Waals surface area contributed by atoms with Gasteiger partial charge in [-0.05, 0) is 24.6 Å². The zero-order chi connectivity index (χ0) is 12.0. The molecule has 0 atom stereocenters. The average Bonchev–Trinajstić information content (AvgIpc) is 2.16. The Kier molecular flexibility index (Phi) is 4.32. The second-order valence-electron chi connectivity index (χ2n) is 3.33. The second kappa shape index (κ2) is 5.75. The summed E-state index contributed by atoms with van der Waals surface area (Å²) in [5.41, 5.74) is 5.87. The number of aryl methyl sites for hydroxylation is 1. The van der Waals surface area contributed by atoms with Crippen LogP contribution in [0, 0.1) is 6.92 Å². The predicted octanol–water partition coefficient (Wildman–Crippen LogP) is 0.959. The van der Waals surface area contributed by atoms with Gasteiger partial charge in [0.2, 0.25) is 5.91 Å². The van der Waals surface area contributed by atoms with Crippen molar-refractivity contribution in [3.05, 3.63) is 29.8 Å². The molecule has 3 N–H and O–H groups in total. The van der Waals surface area contributed by atoms with Crippen molar-refractivity contribution in [2.75, 3.05) is 6.61 Å². The molecule has 0 aliphatic carbocycles. The molecule has 3 amide bonds. The third-order valence-electron chi connectivity index (χ3n) is 1.85. The highest BCUT2D eigenvalue weighted by Gasteiger charge is 2.04. The van der Waals surface area contributed by atoms with Gasteiger partial charge in [-0.1, -0.05) is 12.1 Å². The Morgan fingerprint density at radius 1 is 1.44 bits per heavy atom. The number of nitrogens with two attached hydrogens (primary N) is 1. The zero-order valence-corrected chi connectivity index (χ0v) is 9.03. The Labute approximate surface area is 93.6 Å². The molecule has 1 aromatic rings. The summed E-state index contributed by atoms with van der Waals surface area (Å²) in [6, 6.07) is 6.65. The average molecular weight is 222 g/mol. The molecular formula is C11H14N2O3. The van der Waals surface area contributed by atoms with Crippen molar-refractivity contribution >= 4 is 11.9 Å². The van der Waals surface area contributed by atoms with Crippen molar-refractivity contribution in [1.82, 2.24) is 5.32 Å². The lowest BCUT2D eigenvalue weighted by atomic mass is 10.2. The minimum atomic E-state index is -0.847. The molecule has 0 saturated carbocycles. The van der Waals surface area contributed by atoms with Crippen LogP contribution < -0.4 is 15.8 Å². The van der Waals surface area contributed by atoms with E-state index in [0.717, 1.165) is 5.56 Å². The van der Waals surface area contributed by atoms with Crippen molar-refractivity contribution < 1.29 is 14.3 Å². The predicted molar refractivity (Wildman–Crippen MR) is 59.0 cm³/mol. The largest absolute Gasteiger partial charge is 0.493 e. The molecule has 1 rings (SSSR count). The Balaban J connectivity index is 2.30. The number of urea groups is 1. The van der Waals surface area contributed by atoms with E-state index >= 15 is 0 Å². The quantitative estimate of drug-likeness (QED) is 0.796. The minimum Gasteiger partial charge on any atom is -0.493 e. The second-order valence-corrected chi connectivity index (χ2v) is 3.33. The molecule has 0 heterocycles. The Morgan fingerprint density at radius 3 is 2.81 bits per heavy atom. The number of rotatable bonds is 4. The van der Waals surface area contributed by atoms with E-state index in [0.29, 0.717) is 5.75 Å². The van der Waals surface area contributed by atoms with E-state index in [9.17, 15) is 9.59 Å². The standard InChI is InChI=1S/C11H14N2O3/c1-8-3-2-4-9(7-8)16-6-5-10(14)13-11(12)15/h2-4,7H,5-6H2,1H3,(H3,12,13,14,15). The van der Waals surface area contributed by atoms with Crippen LogP contribution in [0.4, 0.5) is 4.79 Å². The fraction of sp³-hybridized carbons (Fsp3) is 0.273. The summed E-state index contributed by atoms with van der Waals surface area (Å²) in [4.78, 5) is 21.4. The van der Waals surface area contributed by atoms with Gasteiger partial charge in [-0.25, -0.2) is 4.79 Å². The molecular weight excluding hydrogens is 208 g/mol. The van der Waals surface area contributed by atoms with Gasteiger partial charge in [-0.3, -0.25) is 10.1 Å². The van der Waals surface area contributed by atoms with Crippen molar-refractivity contribution in [3.63, 3.8) is 0 Å². The topological polar surface area (TPSA) is 81.4 Å². The van der Waals surface area contributed by atoms with Crippen molar-refractivity contribution in [3.8, 4) is 5.75 Å². The van der Waals surface area contributed by atoms with Crippen molar-refractivity contribution in [2.24, 2.45) is 5.73 Å². The van der Waals surface area contributed by atoms with Crippen LogP contribution in [0.15, 0.2) is 24.3 Å². The first-order valence-corrected chi connectivity index (χ1v) is 4.86. The van der Waals surface area contributed by atoms with E-state index in [1.807, 2.05) is 30.4 Å². The maximum Gasteiger partial charge on any atom is 0.318 e. The molecule has 0 aliphatic rings. The Bertz CT molecular complexity index is 391. The number of carbonyl (C=O) groups is 2. The van der Waals surface area contributed by atoms with Crippen LogP contribution in [0.25, 0.3) is 0 Å². The van der Waals surface area contributed by atoms with Gasteiger partial charge in [0.25, 0.3) is 0 Å². The van der Waals surface area contributed by atoms with Gasteiger partial charge in [-0.15, -0.1) is 0 Å². The number of imide groups is 1. The Morgan fingerprint density at radius 2 is 2.19 bits per heavy atom. The van der Waals surface area contributed by atoms with Crippen LogP contribution in [-0.4, -0.2) is 18.5 Å². The number of benzene rings is 1. The highest BCUT2D eigenvalue weighted by Crippen LogP contribution is 2.12. The lowest BCUT2D eigenvalue weighted by molar-refractivity contribution is -0.120. The summed E-state index contributed by atoms with van der Waals surface area (Å²) < 4.78 is 5.33. The van der Waals surface area contributed by atoms with Crippen molar-refractivity contribution in [2.45, 2.75) is 13.3 Å². The number of ether oxygens (including phenoxy) is 1. The van der Waals surface area contributed by atoms with E-state index in [2.05, 4.69) is 0 Å². The maximum absolute atomic E-state index is 11.0. The fourth-order valence-corrected chi connectivity index (χ4v) is 1.17. The van der Waals surface area contributed by atoms with Crippen LogP contribution in [0.5, 0.6) is 5.75 Å². The monoisotopic (exact) mass is 222 g/mol. The van der Waals surface area contributed by atoms with Crippen LogP contribution in [0.3, 0.4) is 0 Å². The van der Waals surface area contributed by atoms with E-state index in [-0.39, 0.29) is 13.0 Å². The normalized spacial score (nSPS) is 9.56. The van der Waals surface area contributed by atoms with Gasteiger partial charge in [0, 0.05) is 0 Å². The maximum atomic E-state index is 11.0. The lowest BCUT2D eigenvalue weighted by Gasteiger charge is -2.06. The summed E-state index contributed by atoms with van der Waals surface area (Å²) in [5, 5.41) is 1.96. The molecule has 0 spiro atoms. The van der Waals surface area contributed by atoms with Gasteiger partial charge < -0.3 is 10.5 Å². The van der Waals surface area contributed by atoms with Crippen LogP contribution >= 0.6 is 0 Å². The molecule has 5 heteroatoms.